The van der Waals surface area contributed by atoms with E-state index in [9.17, 15) is 27.9 Å². The van der Waals surface area contributed by atoms with Crippen molar-refractivity contribution < 1.29 is 27.9 Å². The van der Waals surface area contributed by atoms with Crippen LogP contribution >= 0.6 is 34.5 Å². The number of benzene rings is 2. The van der Waals surface area contributed by atoms with Gasteiger partial charge in [-0.25, -0.2) is 9.78 Å². The molecule has 2 N–H and O–H groups in total. The normalized spacial score (nSPS) is 19.0. The van der Waals surface area contributed by atoms with E-state index in [1.165, 1.54) is 80.3 Å². The Morgan fingerprint density at radius 2 is 1.80 bits per heavy atom. The zero-order valence-corrected chi connectivity index (χ0v) is 27.2. The lowest BCUT2D eigenvalue weighted by Crippen LogP contribution is -2.33. The van der Waals surface area contributed by atoms with E-state index in [1.54, 1.807) is 6.07 Å². The molecule has 1 aromatic heterocycles. The minimum absolute atomic E-state index is 0.0151. The fourth-order valence-electron chi connectivity index (χ4n) is 6.44. The maximum absolute atomic E-state index is 13.7. The number of halogens is 5. The number of amides is 1. The number of nitrogens with zero attached hydrogens (tertiary/aromatic N) is 3. The molecular weight excluding hydrogens is 660 g/mol. The smallest absolute Gasteiger partial charge is 0.416 e. The van der Waals surface area contributed by atoms with Crippen LogP contribution in [0.25, 0.3) is 17.3 Å². The van der Waals surface area contributed by atoms with Crippen molar-refractivity contribution >= 4 is 62.6 Å². The van der Waals surface area contributed by atoms with Crippen LogP contribution in [-0.2, 0) is 11.0 Å². The lowest BCUT2D eigenvalue weighted by molar-refractivity contribution is -0.137. The highest BCUT2D eigenvalue weighted by Crippen LogP contribution is 2.46. The number of anilines is 2. The van der Waals surface area contributed by atoms with E-state index in [-0.39, 0.29) is 37.4 Å². The molecule has 6 rings (SSSR count). The third-order valence-corrected chi connectivity index (χ3v) is 10.4. The number of aliphatic carboxylic acids is 1. The van der Waals surface area contributed by atoms with Crippen LogP contribution in [0.15, 0.2) is 53.9 Å². The van der Waals surface area contributed by atoms with Crippen molar-refractivity contribution in [3.05, 3.63) is 80.6 Å². The van der Waals surface area contributed by atoms with Gasteiger partial charge in [0.15, 0.2) is 5.13 Å². The van der Waals surface area contributed by atoms with Gasteiger partial charge in [0, 0.05) is 59.2 Å². The summed E-state index contributed by atoms with van der Waals surface area (Å²) >= 11 is 13.9. The molecule has 7 nitrogen and oxygen atoms in total. The largest absolute Gasteiger partial charge is 0.478 e. The summed E-state index contributed by atoms with van der Waals surface area (Å²) in [7, 11) is 0. The average molecular weight is 692 g/mol. The van der Waals surface area contributed by atoms with Gasteiger partial charge >= 0.3 is 12.1 Å². The zero-order chi connectivity index (χ0) is 32.7. The number of alkyl halides is 3. The van der Waals surface area contributed by atoms with Crippen LogP contribution in [0.2, 0.25) is 10.0 Å². The number of hydrogen-bond donors (Lipinski definition) is 2. The predicted molar refractivity (Wildman–Crippen MR) is 175 cm³/mol. The summed E-state index contributed by atoms with van der Waals surface area (Å²) in [6.07, 6.45) is 5.95. The molecule has 1 aliphatic carbocycles. The first-order chi connectivity index (χ1) is 21.9. The minimum atomic E-state index is -4.53. The number of rotatable bonds is 7. The molecule has 0 radical (unpaired) electrons. The molecule has 0 spiro atoms. The fourth-order valence-corrected chi connectivity index (χ4v) is 8.00. The highest BCUT2D eigenvalue weighted by Gasteiger charge is 2.39. The van der Waals surface area contributed by atoms with Crippen molar-refractivity contribution in [3.8, 4) is 11.3 Å². The number of aromatic nitrogens is 1. The van der Waals surface area contributed by atoms with Gasteiger partial charge in [0.2, 0.25) is 0 Å². The second kappa shape index (κ2) is 12.9. The van der Waals surface area contributed by atoms with Crippen molar-refractivity contribution in [3.63, 3.8) is 0 Å². The molecule has 1 atom stereocenters. The molecule has 0 bridgehead atoms. The van der Waals surface area contributed by atoms with Crippen molar-refractivity contribution in [1.82, 2.24) is 9.88 Å². The molecule has 2 fully saturated rings. The van der Waals surface area contributed by atoms with Crippen LogP contribution in [0.1, 0.15) is 66.9 Å². The summed E-state index contributed by atoms with van der Waals surface area (Å²) in [6.45, 7) is 3.08. The number of thiazole rings is 1. The Kier molecular flexibility index (Phi) is 9.11. The Bertz CT molecular complexity index is 1730. The van der Waals surface area contributed by atoms with Gasteiger partial charge in [0.1, 0.15) is 10.7 Å². The fraction of sp³-hybridized carbons (Fsp3) is 0.364. The van der Waals surface area contributed by atoms with Gasteiger partial charge in [-0.2, -0.15) is 13.2 Å². The minimum Gasteiger partial charge on any atom is -0.478 e. The molecule has 1 unspecified atom stereocenters. The third-order valence-electron chi connectivity index (χ3n) is 8.78. The summed E-state index contributed by atoms with van der Waals surface area (Å²) in [5.74, 6) is -1.40. The number of hydrogen-bond acceptors (Lipinski definition) is 6. The summed E-state index contributed by atoms with van der Waals surface area (Å²) < 4.78 is 41.0. The Labute approximate surface area is 278 Å². The van der Waals surface area contributed by atoms with Gasteiger partial charge in [-0.1, -0.05) is 65.9 Å². The van der Waals surface area contributed by atoms with Crippen LogP contribution in [-0.4, -0.2) is 46.0 Å². The molecule has 13 heteroatoms. The molecule has 46 heavy (non-hydrogen) atoms. The molecule has 1 saturated carbocycles. The Balaban J connectivity index is 1.33. The lowest BCUT2D eigenvalue weighted by Gasteiger charge is -2.33. The molecule has 1 saturated heterocycles. The first kappa shape index (κ1) is 32.4. The number of carboxylic acids is 1. The van der Waals surface area contributed by atoms with E-state index < -0.39 is 23.6 Å². The molecule has 1 amide bonds. The van der Waals surface area contributed by atoms with E-state index in [2.05, 4.69) is 26.3 Å². The summed E-state index contributed by atoms with van der Waals surface area (Å²) in [5.41, 5.74) is 1.49. The van der Waals surface area contributed by atoms with Gasteiger partial charge in [-0.15, -0.1) is 0 Å². The molecule has 3 heterocycles. The Morgan fingerprint density at radius 3 is 2.48 bits per heavy atom. The topological polar surface area (TPSA) is 85.8 Å². The number of carbonyl (C=O) groups excluding carboxylic acids is 1. The van der Waals surface area contributed by atoms with Gasteiger partial charge < -0.3 is 14.9 Å². The van der Waals surface area contributed by atoms with Gasteiger partial charge in [0.25, 0.3) is 5.91 Å². The number of fused-ring (bicyclic) bond motifs is 1. The Morgan fingerprint density at radius 1 is 1.09 bits per heavy atom. The van der Waals surface area contributed by atoms with Crippen molar-refractivity contribution in [2.24, 2.45) is 5.92 Å². The van der Waals surface area contributed by atoms with Gasteiger partial charge in [0.05, 0.1) is 15.6 Å². The lowest BCUT2D eigenvalue weighted by atomic mass is 9.94. The van der Waals surface area contributed by atoms with Crippen molar-refractivity contribution in [2.45, 2.75) is 57.7 Å². The maximum Gasteiger partial charge on any atom is 0.416 e. The van der Waals surface area contributed by atoms with E-state index in [0.717, 1.165) is 25.1 Å². The monoisotopic (exact) mass is 690 g/mol. The third kappa shape index (κ3) is 6.63. The molecular formula is C33H31Cl2F3N4O3S. The number of carboxylic acid groups (broad SMARTS) is 1. The second-order valence-electron chi connectivity index (χ2n) is 11.9. The van der Waals surface area contributed by atoms with Crippen LogP contribution in [0.4, 0.5) is 23.3 Å². The standard InChI is InChI=1S/C33H31Cl2F3N4O3S/c1-18(31(44)45)12-24-25(34)14-21(15-26(24)35)29(43)40-32-39-28(19-6-5-7-22(13-19)33(36,37)38)30(46-32)41-16-20-10-11-42(27(20)17-41)23-8-3-2-4-9-23/h5-7,12-15,17,20,23H,2-4,8-11,16H2,1H3,(H,44,45)(H,39,40,43)/b18-12+. The number of carbonyl (C=O) groups is 2. The van der Waals surface area contributed by atoms with E-state index in [0.29, 0.717) is 29.2 Å². The molecule has 242 valence electrons. The molecule has 2 aliphatic heterocycles. The molecule has 3 aliphatic rings. The molecule has 2 aromatic carbocycles. The summed E-state index contributed by atoms with van der Waals surface area (Å²) in [4.78, 5) is 33.8. The van der Waals surface area contributed by atoms with Crippen molar-refractivity contribution in [1.29, 1.82) is 0 Å². The van der Waals surface area contributed by atoms with E-state index in [4.69, 9.17) is 23.2 Å². The zero-order valence-electron chi connectivity index (χ0n) is 24.8. The summed E-state index contributed by atoms with van der Waals surface area (Å²) in [6, 6.07) is 8.30. The summed E-state index contributed by atoms with van der Waals surface area (Å²) in [5, 5.41) is 13.0. The highest BCUT2D eigenvalue weighted by atomic mass is 35.5. The average Bonchev–Trinajstić information content (AvgIpc) is 3.73. The Hall–Kier alpha value is -3.54. The second-order valence-corrected chi connectivity index (χ2v) is 13.7. The highest BCUT2D eigenvalue weighted by molar-refractivity contribution is 7.20. The van der Waals surface area contributed by atoms with Crippen molar-refractivity contribution in [2.75, 3.05) is 23.3 Å². The van der Waals surface area contributed by atoms with Gasteiger partial charge in [-0.05, 0) is 56.5 Å². The number of likely N-dealkylation sites (tertiary alicyclic amines) is 1. The maximum atomic E-state index is 13.7. The van der Waals surface area contributed by atoms with E-state index >= 15 is 0 Å². The first-order valence-electron chi connectivity index (χ1n) is 15.0. The molecule has 3 aromatic rings. The van der Waals surface area contributed by atoms with Crippen LogP contribution in [0.3, 0.4) is 0 Å². The van der Waals surface area contributed by atoms with Crippen LogP contribution < -0.4 is 10.2 Å². The van der Waals surface area contributed by atoms with E-state index in [1.807, 2.05) is 0 Å². The van der Waals surface area contributed by atoms with Gasteiger partial charge in [-0.3, -0.25) is 10.1 Å². The quantitative estimate of drug-likeness (QED) is 0.241. The van der Waals surface area contributed by atoms with Crippen LogP contribution in [0, 0.1) is 5.92 Å². The number of nitrogens with one attached hydrogen (secondary N) is 1. The SMILES string of the molecule is C/C(=C\c1c(Cl)cc(C(=O)Nc2nc(-c3cccc(C(F)(F)F)c3)c(N3C=C4C(CCN4C4CCCCC4)C3)s2)cc1Cl)C(=O)O. The van der Waals surface area contributed by atoms with Crippen LogP contribution in [0.5, 0.6) is 0 Å². The predicted octanol–water partition coefficient (Wildman–Crippen LogP) is 9.19. The first-order valence-corrected chi connectivity index (χ1v) is 16.6.